The Morgan fingerprint density at radius 1 is 1.30 bits per heavy atom. The fourth-order valence-corrected chi connectivity index (χ4v) is 4.10. The Kier molecular flexibility index (Phi) is 4.10. The van der Waals surface area contributed by atoms with Gasteiger partial charge in [0.05, 0.1) is 18.8 Å². The minimum atomic E-state index is -0.961. The average molecular weight is 364 g/mol. The van der Waals surface area contributed by atoms with Crippen molar-refractivity contribution in [3.8, 4) is 0 Å². The van der Waals surface area contributed by atoms with E-state index in [2.05, 4.69) is 11.2 Å². The van der Waals surface area contributed by atoms with Crippen LogP contribution in [0.3, 0.4) is 0 Å². The molecular weight excluding hydrogens is 343 g/mol. The van der Waals surface area contributed by atoms with Gasteiger partial charge < -0.3 is 4.74 Å². The molecule has 0 radical (unpaired) electrons. The lowest BCUT2D eigenvalue weighted by atomic mass is 9.77. The Balaban J connectivity index is 1.86. The highest BCUT2D eigenvalue weighted by atomic mass is 19.1. The van der Waals surface area contributed by atoms with Crippen LogP contribution >= 0.6 is 0 Å². The number of hydrogen-bond acceptors (Lipinski definition) is 3. The van der Waals surface area contributed by atoms with Crippen LogP contribution in [-0.2, 0) is 22.0 Å². The zero-order valence-electron chi connectivity index (χ0n) is 15.6. The van der Waals surface area contributed by atoms with Gasteiger partial charge in [0.25, 0.3) is 0 Å². The van der Waals surface area contributed by atoms with E-state index < -0.39 is 5.41 Å². The Morgan fingerprint density at radius 2 is 2.11 bits per heavy atom. The Morgan fingerprint density at radius 3 is 2.89 bits per heavy atom. The van der Waals surface area contributed by atoms with Crippen molar-refractivity contribution < 1.29 is 13.9 Å². The van der Waals surface area contributed by atoms with Gasteiger partial charge in [0.15, 0.2) is 0 Å². The molecule has 4 rings (SSSR count). The largest absolute Gasteiger partial charge is 0.468 e. The quantitative estimate of drug-likeness (QED) is 0.651. The number of carbonyl (C=O) groups is 1. The fourth-order valence-electron chi connectivity index (χ4n) is 4.10. The van der Waals surface area contributed by atoms with Crippen molar-refractivity contribution in [1.29, 1.82) is 0 Å². The van der Waals surface area contributed by atoms with Crippen molar-refractivity contribution in [2.45, 2.75) is 25.2 Å². The lowest BCUT2D eigenvalue weighted by Crippen LogP contribution is -2.34. The summed E-state index contributed by atoms with van der Waals surface area (Å²) >= 11 is 0. The number of nitrogens with zero attached hydrogens (tertiary/aromatic N) is 2. The van der Waals surface area contributed by atoms with Crippen molar-refractivity contribution in [2.75, 3.05) is 7.11 Å². The Hall–Kier alpha value is -2.95. The van der Waals surface area contributed by atoms with E-state index in [1.807, 2.05) is 42.2 Å². The minimum Gasteiger partial charge on any atom is -0.468 e. The molecule has 0 N–H and O–H groups in total. The minimum absolute atomic E-state index is 0.311. The lowest BCUT2D eigenvalue weighted by molar-refractivity contribution is -0.145. The van der Waals surface area contributed by atoms with Gasteiger partial charge in [-0.2, -0.15) is 5.10 Å². The van der Waals surface area contributed by atoms with Crippen molar-refractivity contribution in [2.24, 2.45) is 7.05 Å². The van der Waals surface area contributed by atoms with E-state index in [1.165, 1.54) is 13.2 Å². The normalized spacial score (nSPS) is 19.3. The van der Waals surface area contributed by atoms with Gasteiger partial charge in [0.1, 0.15) is 11.2 Å². The molecule has 3 aromatic rings. The van der Waals surface area contributed by atoms with E-state index in [-0.39, 0.29) is 11.8 Å². The third-order valence-corrected chi connectivity index (χ3v) is 5.63. The summed E-state index contributed by atoms with van der Waals surface area (Å²) in [7, 11) is 3.29. The first-order valence-electron chi connectivity index (χ1n) is 8.94. The lowest BCUT2D eigenvalue weighted by Gasteiger charge is -2.26. The van der Waals surface area contributed by atoms with Crippen molar-refractivity contribution in [3.05, 3.63) is 71.2 Å². The summed E-state index contributed by atoms with van der Waals surface area (Å²) in [5.41, 5.74) is 3.34. The molecule has 5 heteroatoms. The number of methoxy groups -OCH3 is 1. The predicted octanol–water partition coefficient (Wildman–Crippen LogP) is 4.31. The van der Waals surface area contributed by atoms with Crippen LogP contribution in [0, 0.1) is 12.7 Å². The summed E-state index contributed by atoms with van der Waals surface area (Å²) in [4.78, 5) is 12.8. The molecule has 0 saturated carbocycles. The average Bonchev–Trinajstić information content (AvgIpc) is 3.28. The van der Waals surface area contributed by atoms with Crippen LogP contribution < -0.4 is 0 Å². The first-order chi connectivity index (χ1) is 13.0. The van der Waals surface area contributed by atoms with Crippen LogP contribution in [0.15, 0.2) is 48.7 Å². The predicted molar refractivity (Wildman–Crippen MR) is 103 cm³/mol. The van der Waals surface area contributed by atoms with E-state index in [4.69, 9.17) is 4.74 Å². The molecule has 2 aromatic carbocycles. The highest BCUT2D eigenvalue weighted by molar-refractivity contribution is 5.92. The molecule has 0 amide bonds. The number of hydrogen-bond donors (Lipinski definition) is 0. The van der Waals surface area contributed by atoms with Crippen LogP contribution in [0.25, 0.3) is 16.5 Å². The summed E-state index contributed by atoms with van der Waals surface area (Å²) < 4.78 is 21.2. The van der Waals surface area contributed by atoms with E-state index in [9.17, 15) is 9.18 Å². The van der Waals surface area contributed by atoms with Gasteiger partial charge in [-0.05, 0) is 54.2 Å². The second-order valence-electron chi connectivity index (χ2n) is 7.09. The van der Waals surface area contributed by atoms with Crippen LogP contribution in [0.1, 0.15) is 29.5 Å². The zero-order valence-corrected chi connectivity index (χ0v) is 15.6. The smallest absolute Gasteiger partial charge is 0.320 e. The van der Waals surface area contributed by atoms with Crippen molar-refractivity contribution in [3.63, 3.8) is 0 Å². The molecule has 138 valence electrons. The van der Waals surface area contributed by atoms with E-state index >= 15 is 0 Å². The second-order valence-corrected chi connectivity index (χ2v) is 7.09. The molecular formula is C22H21FN2O2. The molecule has 1 heterocycles. The number of benzene rings is 2. The molecule has 27 heavy (non-hydrogen) atoms. The Bertz CT molecular complexity index is 1080. The summed E-state index contributed by atoms with van der Waals surface area (Å²) in [5, 5.41) is 5.35. The van der Waals surface area contributed by atoms with Gasteiger partial charge in [-0.1, -0.05) is 30.3 Å². The molecule has 1 atom stereocenters. The maximum absolute atomic E-state index is 14.2. The molecule has 1 aromatic heterocycles. The number of esters is 1. The first kappa shape index (κ1) is 17.5. The number of aryl methyl sites for hydroxylation is 1. The molecule has 1 unspecified atom stereocenters. The third kappa shape index (κ3) is 2.65. The highest BCUT2D eigenvalue weighted by Gasteiger charge is 2.44. The Labute approximate surface area is 157 Å². The van der Waals surface area contributed by atoms with Crippen LogP contribution in [-0.4, -0.2) is 22.9 Å². The van der Waals surface area contributed by atoms with Crippen LogP contribution in [0.5, 0.6) is 0 Å². The zero-order chi connectivity index (χ0) is 19.2. The summed E-state index contributed by atoms with van der Waals surface area (Å²) in [6.07, 6.45) is 5.06. The van der Waals surface area contributed by atoms with Gasteiger partial charge in [-0.25, -0.2) is 4.39 Å². The second kappa shape index (κ2) is 6.34. The van der Waals surface area contributed by atoms with Crippen molar-refractivity contribution >= 4 is 22.4 Å². The van der Waals surface area contributed by atoms with Gasteiger partial charge in [-0.3, -0.25) is 9.48 Å². The monoisotopic (exact) mass is 364 g/mol. The molecule has 0 saturated heterocycles. The van der Waals surface area contributed by atoms with Gasteiger partial charge >= 0.3 is 5.97 Å². The van der Waals surface area contributed by atoms with Gasteiger partial charge in [0, 0.05) is 12.4 Å². The number of ether oxygens (including phenoxy) is 1. The topological polar surface area (TPSA) is 44.1 Å². The number of fused-ring (bicyclic) bond motifs is 1. The first-order valence-corrected chi connectivity index (χ1v) is 8.94. The summed E-state index contributed by atoms with van der Waals surface area (Å²) in [6, 6.07) is 11.0. The number of carbonyl (C=O) groups excluding carboxylic acids is 1. The number of halogens is 1. The molecule has 0 aliphatic heterocycles. The fraction of sp³-hybridized carbons (Fsp3) is 0.273. The van der Waals surface area contributed by atoms with E-state index in [0.29, 0.717) is 24.0 Å². The van der Waals surface area contributed by atoms with E-state index in [1.54, 1.807) is 13.0 Å². The summed E-state index contributed by atoms with van der Waals surface area (Å²) in [6.45, 7) is 1.71. The summed E-state index contributed by atoms with van der Waals surface area (Å²) in [5.74, 6) is -0.665. The molecule has 1 aliphatic carbocycles. The number of rotatable bonds is 3. The molecule has 0 fully saturated rings. The highest BCUT2D eigenvalue weighted by Crippen LogP contribution is 2.45. The SMILES string of the molecule is COC(=O)C1(c2cccc(F)c2C)C=C(c2ccc3cnn(C)c3c2)CC1. The standard InChI is InChI=1S/C22H21FN2O2/c1-14-18(5-4-6-19(14)23)22(21(26)27-3)10-9-16(12-22)15-7-8-17-13-24-25(2)20(17)11-15/h4-8,11-13H,9-10H2,1-3H3. The maximum Gasteiger partial charge on any atom is 0.320 e. The maximum atomic E-state index is 14.2. The molecule has 0 bridgehead atoms. The molecule has 4 nitrogen and oxygen atoms in total. The van der Waals surface area contributed by atoms with Crippen LogP contribution in [0.4, 0.5) is 4.39 Å². The van der Waals surface area contributed by atoms with E-state index in [0.717, 1.165) is 22.0 Å². The molecule has 0 spiro atoms. The van der Waals surface area contributed by atoms with Crippen molar-refractivity contribution in [1.82, 2.24) is 9.78 Å². The van der Waals surface area contributed by atoms with Crippen LogP contribution in [0.2, 0.25) is 0 Å². The number of allylic oxidation sites excluding steroid dienone is 1. The number of aromatic nitrogens is 2. The third-order valence-electron chi connectivity index (χ3n) is 5.63. The molecule has 1 aliphatic rings. The van der Waals surface area contributed by atoms with Gasteiger partial charge in [-0.15, -0.1) is 0 Å². The van der Waals surface area contributed by atoms with Gasteiger partial charge in [0.2, 0.25) is 0 Å².